The zero-order valence-corrected chi connectivity index (χ0v) is 11.5. The van der Waals surface area contributed by atoms with E-state index < -0.39 is 10.5 Å². The fourth-order valence-electron chi connectivity index (χ4n) is 1.07. The Labute approximate surface area is 106 Å². The third kappa shape index (κ3) is 7.04. The van der Waals surface area contributed by atoms with Crippen LogP contribution in [0.4, 0.5) is 0 Å². The lowest BCUT2D eigenvalue weighted by atomic mass is 9.93. The molecule has 1 atom stereocenters. The minimum Gasteiger partial charge on any atom is -0.353 e. The lowest BCUT2D eigenvalue weighted by Crippen LogP contribution is -2.44. The predicted octanol–water partition coefficient (Wildman–Crippen LogP) is 1.37. The molecule has 0 aromatic heterocycles. The number of rotatable bonds is 8. The molecule has 0 aromatic rings. The van der Waals surface area contributed by atoms with E-state index in [1.807, 2.05) is 13.2 Å². The lowest BCUT2D eigenvalue weighted by molar-refractivity contribution is -0.976. The second-order valence-corrected chi connectivity index (χ2v) is 5.54. The highest BCUT2D eigenvalue weighted by atomic mass is 32.2. The number of nitrogens with one attached hydrogen (secondary N) is 1. The summed E-state index contributed by atoms with van der Waals surface area (Å²) in [7, 11) is 0. The maximum absolute atomic E-state index is 11.9. The van der Waals surface area contributed by atoms with Gasteiger partial charge >= 0.3 is 5.09 Å². The average Bonchev–Trinajstić information content (AvgIpc) is 2.23. The summed E-state index contributed by atoms with van der Waals surface area (Å²) in [6, 6.07) is 0.0757. The number of amides is 1. The normalized spacial score (nSPS) is 12.9. The highest BCUT2D eigenvalue weighted by Gasteiger charge is 2.32. The van der Waals surface area contributed by atoms with E-state index in [1.165, 1.54) is 0 Å². The van der Waals surface area contributed by atoms with Gasteiger partial charge in [-0.15, -0.1) is 0 Å². The van der Waals surface area contributed by atoms with Crippen LogP contribution >= 0.6 is 11.8 Å². The summed E-state index contributed by atoms with van der Waals surface area (Å²) in [6.07, 6.45) is 2.90. The topological polar surface area (TPSA) is 78.6 Å². The fraction of sp³-hybridized carbons (Fsp3) is 0.900. The summed E-state index contributed by atoms with van der Waals surface area (Å²) in [4.78, 5) is 26.4. The molecule has 0 aromatic carbocycles. The molecule has 0 radical (unpaired) electrons. The van der Waals surface area contributed by atoms with Crippen molar-refractivity contribution in [1.82, 2.24) is 5.32 Å². The van der Waals surface area contributed by atoms with E-state index in [0.717, 1.165) is 12.2 Å². The lowest BCUT2D eigenvalue weighted by Gasteiger charge is -2.23. The van der Waals surface area contributed by atoms with Crippen LogP contribution < -0.4 is 5.32 Å². The van der Waals surface area contributed by atoms with Gasteiger partial charge in [-0.2, -0.15) is 16.6 Å². The van der Waals surface area contributed by atoms with E-state index in [2.05, 4.69) is 10.2 Å². The molecule has 0 fully saturated rings. The van der Waals surface area contributed by atoms with Crippen LogP contribution in [0.25, 0.3) is 0 Å². The summed E-state index contributed by atoms with van der Waals surface area (Å²) < 4.78 is 0. The number of thioether (sulfide) groups is 1. The second-order valence-electron chi connectivity index (χ2n) is 4.55. The van der Waals surface area contributed by atoms with E-state index in [9.17, 15) is 9.70 Å². The predicted molar refractivity (Wildman–Crippen MR) is 65.8 cm³/mol. The Morgan fingerprint density at radius 3 is 2.65 bits per heavy atom. The van der Waals surface area contributed by atoms with E-state index >= 15 is 0 Å². The van der Waals surface area contributed by atoms with Gasteiger partial charge in [-0.05, 0) is 39.2 Å². The van der Waals surface area contributed by atoms with E-state index in [0.29, 0.717) is 0 Å². The molecule has 0 aliphatic carbocycles. The molecule has 0 saturated heterocycles. The number of carbonyl (C=O) groups is 1. The first-order chi connectivity index (χ1) is 7.79. The van der Waals surface area contributed by atoms with Crippen molar-refractivity contribution in [2.75, 3.05) is 18.6 Å². The molecule has 0 heterocycles. The molecular formula is C10H21N2O4S+. The quantitative estimate of drug-likeness (QED) is 0.648. The molecule has 0 saturated carbocycles. The van der Waals surface area contributed by atoms with Crippen molar-refractivity contribution < 1.29 is 19.9 Å². The molecule has 0 aliphatic heterocycles. The van der Waals surface area contributed by atoms with Gasteiger partial charge in [-0.25, -0.2) is 5.21 Å². The first-order valence-electron chi connectivity index (χ1n) is 5.38. The van der Waals surface area contributed by atoms with Crippen LogP contribution in [0.15, 0.2) is 0 Å². The van der Waals surface area contributed by atoms with Gasteiger partial charge in [0.25, 0.3) is 0 Å². The van der Waals surface area contributed by atoms with Crippen molar-refractivity contribution in [2.45, 2.75) is 33.2 Å². The van der Waals surface area contributed by atoms with Gasteiger partial charge in [0.15, 0.2) is 6.61 Å². The third-order valence-electron chi connectivity index (χ3n) is 2.28. The van der Waals surface area contributed by atoms with Gasteiger partial charge in [0, 0.05) is 6.04 Å². The van der Waals surface area contributed by atoms with Gasteiger partial charge in [-0.1, -0.05) is 0 Å². The van der Waals surface area contributed by atoms with Crippen molar-refractivity contribution in [2.24, 2.45) is 5.41 Å². The van der Waals surface area contributed by atoms with Crippen molar-refractivity contribution in [3.8, 4) is 0 Å². The van der Waals surface area contributed by atoms with Crippen LogP contribution in [0.2, 0.25) is 0 Å². The van der Waals surface area contributed by atoms with Gasteiger partial charge in [0.2, 0.25) is 5.91 Å². The van der Waals surface area contributed by atoms with Gasteiger partial charge in [-0.3, -0.25) is 4.79 Å². The Hall–Kier alpha value is -0.980. The van der Waals surface area contributed by atoms with Crippen molar-refractivity contribution in [1.29, 1.82) is 0 Å². The molecule has 0 rings (SSSR count). The molecule has 1 amide bonds. The Morgan fingerprint density at radius 2 is 2.18 bits per heavy atom. The van der Waals surface area contributed by atoms with E-state index in [-0.39, 0.29) is 18.6 Å². The van der Waals surface area contributed by atoms with Gasteiger partial charge in [0.1, 0.15) is 4.91 Å². The Bertz CT molecular complexity index is 271. The zero-order chi connectivity index (χ0) is 13.5. The smallest absolute Gasteiger partial charge is 0.353 e. The maximum atomic E-state index is 11.9. The van der Waals surface area contributed by atoms with Crippen molar-refractivity contribution >= 4 is 17.7 Å². The Kier molecular flexibility index (Phi) is 6.94. The number of nitrogens with zero attached hydrogens (tertiary/aromatic N) is 1. The average molecular weight is 265 g/mol. The summed E-state index contributed by atoms with van der Waals surface area (Å²) in [5, 5.41) is 10.5. The first-order valence-corrected chi connectivity index (χ1v) is 6.78. The monoisotopic (exact) mass is 265 g/mol. The highest BCUT2D eigenvalue weighted by Crippen LogP contribution is 2.16. The van der Waals surface area contributed by atoms with Crippen LogP contribution in [0.5, 0.6) is 0 Å². The molecule has 17 heavy (non-hydrogen) atoms. The number of hydrogen-bond donors (Lipinski definition) is 2. The van der Waals surface area contributed by atoms with Gasteiger partial charge in [0.05, 0.1) is 5.41 Å². The molecular weight excluding hydrogens is 244 g/mol. The molecule has 7 heteroatoms. The summed E-state index contributed by atoms with van der Waals surface area (Å²) in [6.45, 7) is 5.05. The zero-order valence-electron chi connectivity index (χ0n) is 10.7. The van der Waals surface area contributed by atoms with Crippen LogP contribution in [0, 0.1) is 10.3 Å². The molecule has 1 unspecified atom stereocenters. The first kappa shape index (κ1) is 16.0. The largest absolute Gasteiger partial charge is 0.475 e. The third-order valence-corrected chi connectivity index (χ3v) is 2.93. The minimum absolute atomic E-state index is 0.0757. The highest BCUT2D eigenvalue weighted by molar-refractivity contribution is 7.98. The molecule has 100 valence electrons. The molecule has 6 nitrogen and oxygen atoms in total. The summed E-state index contributed by atoms with van der Waals surface area (Å²) in [5.74, 6) is 0.775. The van der Waals surface area contributed by atoms with Crippen LogP contribution in [-0.2, 0) is 9.63 Å². The van der Waals surface area contributed by atoms with Crippen LogP contribution in [-0.4, -0.2) is 40.9 Å². The van der Waals surface area contributed by atoms with Crippen molar-refractivity contribution in [3.63, 3.8) is 0 Å². The second kappa shape index (κ2) is 7.37. The molecule has 0 aliphatic rings. The molecule has 0 bridgehead atoms. The minimum atomic E-state index is -0.862. The fourth-order valence-corrected chi connectivity index (χ4v) is 1.66. The molecule has 2 N–H and O–H groups in total. The van der Waals surface area contributed by atoms with Crippen molar-refractivity contribution in [3.05, 3.63) is 4.91 Å². The number of carbonyl (C=O) groups excluding carboxylic acids is 1. The maximum Gasteiger partial charge on any atom is 0.475 e. The molecule has 0 spiro atoms. The SMILES string of the molecule is CSCCC(C)NC(=O)C(C)(C)CO[N+](=O)O. The number of hydrogen-bond acceptors (Lipinski definition) is 4. The Morgan fingerprint density at radius 1 is 1.59 bits per heavy atom. The van der Waals surface area contributed by atoms with E-state index in [1.54, 1.807) is 25.6 Å². The standard InChI is InChI=1S/C10H20N2O4S/c1-8(5-6-17-4)11-9(13)10(2,3)7-16-12(14)15/h8H,5-7H2,1-4H3,(H-,11,13,14,15)/p+1. The summed E-state index contributed by atoms with van der Waals surface area (Å²) >= 11 is 1.72. The van der Waals surface area contributed by atoms with Gasteiger partial charge < -0.3 is 5.32 Å². The van der Waals surface area contributed by atoms with Crippen LogP contribution in [0.3, 0.4) is 0 Å². The Balaban J connectivity index is 4.13. The van der Waals surface area contributed by atoms with Crippen LogP contribution in [0.1, 0.15) is 27.2 Å². The summed E-state index contributed by atoms with van der Waals surface area (Å²) in [5.41, 5.74) is -0.862. The van der Waals surface area contributed by atoms with E-state index in [4.69, 9.17) is 5.21 Å².